The first-order valence-electron chi connectivity index (χ1n) is 10.3. The lowest BCUT2D eigenvalue weighted by molar-refractivity contribution is -0.133. The van der Waals surface area contributed by atoms with Crippen molar-refractivity contribution < 1.29 is 23.9 Å². The fourth-order valence-electron chi connectivity index (χ4n) is 4.41. The maximum Gasteiger partial charge on any atom is 0.325 e. The van der Waals surface area contributed by atoms with Crippen LogP contribution < -0.4 is 14.8 Å². The molecular formula is C23H23N3O5. The minimum atomic E-state index is -1.08. The van der Waals surface area contributed by atoms with Crippen LogP contribution >= 0.6 is 0 Å². The van der Waals surface area contributed by atoms with Crippen molar-refractivity contribution in [2.24, 2.45) is 0 Å². The first-order valence-corrected chi connectivity index (χ1v) is 10.3. The molecule has 5 rings (SSSR count). The highest BCUT2D eigenvalue weighted by Gasteiger charge is 2.53. The van der Waals surface area contributed by atoms with Crippen molar-refractivity contribution >= 4 is 17.8 Å². The molecular weight excluding hydrogens is 398 g/mol. The number of imide groups is 1. The zero-order chi connectivity index (χ0) is 21.6. The Morgan fingerprint density at radius 2 is 1.87 bits per heavy atom. The molecule has 3 heterocycles. The van der Waals surface area contributed by atoms with E-state index in [1.807, 2.05) is 31.2 Å². The molecule has 0 bridgehead atoms. The number of hydrogen-bond donors (Lipinski definition) is 1. The number of likely N-dealkylation sites (tertiary alicyclic amines) is 1. The third kappa shape index (κ3) is 3.37. The second-order valence-corrected chi connectivity index (χ2v) is 8.29. The summed E-state index contributed by atoms with van der Waals surface area (Å²) in [7, 11) is 0. The Kier molecular flexibility index (Phi) is 4.57. The molecule has 31 heavy (non-hydrogen) atoms. The van der Waals surface area contributed by atoms with Gasteiger partial charge < -0.3 is 19.7 Å². The summed E-state index contributed by atoms with van der Waals surface area (Å²) in [5, 5.41) is 2.88. The largest absolute Gasteiger partial charge is 0.454 e. The summed E-state index contributed by atoms with van der Waals surface area (Å²) in [5.41, 5.74) is 1.39. The van der Waals surface area contributed by atoms with Crippen molar-refractivity contribution in [3.05, 3.63) is 59.2 Å². The Morgan fingerprint density at radius 1 is 1.10 bits per heavy atom. The van der Waals surface area contributed by atoms with Crippen LogP contribution in [0.1, 0.15) is 34.3 Å². The lowest BCUT2D eigenvalue weighted by Crippen LogP contribution is -2.59. The zero-order valence-corrected chi connectivity index (χ0v) is 17.2. The molecule has 1 spiro atoms. The van der Waals surface area contributed by atoms with Gasteiger partial charge in [-0.3, -0.25) is 14.5 Å². The number of urea groups is 1. The van der Waals surface area contributed by atoms with E-state index in [0.29, 0.717) is 36.4 Å². The van der Waals surface area contributed by atoms with E-state index in [1.165, 1.54) is 4.90 Å². The molecule has 2 fully saturated rings. The fourth-order valence-corrected chi connectivity index (χ4v) is 4.41. The molecule has 1 atom stereocenters. The van der Waals surface area contributed by atoms with Gasteiger partial charge in [-0.1, -0.05) is 29.8 Å². The van der Waals surface area contributed by atoms with Gasteiger partial charge in [0, 0.05) is 12.1 Å². The quantitative estimate of drug-likeness (QED) is 0.770. The Labute approximate surface area is 179 Å². The Morgan fingerprint density at radius 3 is 2.68 bits per heavy atom. The number of carbonyl (C=O) groups is 3. The van der Waals surface area contributed by atoms with E-state index in [1.54, 1.807) is 23.1 Å². The Bertz CT molecular complexity index is 1070. The first-order chi connectivity index (χ1) is 14.9. The normalized spacial score (nSPS) is 22.2. The molecule has 0 saturated carbocycles. The zero-order valence-electron chi connectivity index (χ0n) is 17.2. The monoisotopic (exact) mass is 421 g/mol. The summed E-state index contributed by atoms with van der Waals surface area (Å²) in [4.78, 5) is 42.0. The minimum absolute atomic E-state index is 0.136. The molecule has 2 aromatic rings. The lowest BCUT2D eigenvalue weighted by atomic mass is 9.88. The highest BCUT2D eigenvalue weighted by Crippen LogP contribution is 2.34. The highest BCUT2D eigenvalue weighted by atomic mass is 16.7. The van der Waals surface area contributed by atoms with Crippen LogP contribution in [0.15, 0.2) is 42.5 Å². The second-order valence-electron chi connectivity index (χ2n) is 8.29. The summed E-state index contributed by atoms with van der Waals surface area (Å²) in [5.74, 6) is 0.668. The molecule has 3 aliphatic rings. The van der Waals surface area contributed by atoms with Gasteiger partial charge in [-0.15, -0.1) is 0 Å². The molecule has 2 aromatic carbocycles. The number of amides is 4. The average molecular weight is 421 g/mol. The number of carbonyl (C=O) groups excluding carboxylic acids is 3. The number of piperidine rings is 1. The maximum atomic E-state index is 13.3. The third-order valence-corrected chi connectivity index (χ3v) is 6.11. The van der Waals surface area contributed by atoms with Crippen LogP contribution in [0, 0.1) is 6.92 Å². The Balaban J connectivity index is 1.34. The summed E-state index contributed by atoms with van der Waals surface area (Å²) >= 11 is 0. The van der Waals surface area contributed by atoms with E-state index in [9.17, 15) is 14.4 Å². The van der Waals surface area contributed by atoms with Gasteiger partial charge in [0.1, 0.15) is 5.54 Å². The van der Waals surface area contributed by atoms with Crippen LogP contribution in [-0.4, -0.2) is 53.1 Å². The topological polar surface area (TPSA) is 88.2 Å². The van der Waals surface area contributed by atoms with Crippen molar-refractivity contribution in [2.75, 3.05) is 19.9 Å². The summed E-state index contributed by atoms with van der Waals surface area (Å²) < 4.78 is 10.7. The summed E-state index contributed by atoms with van der Waals surface area (Å²) in [6, 6.07) is 12.4. The van der Waals surface area contributed by atoms with Gasteiger partial charge in [0.2, 0.25) is 6.79 Å². The van der Waals surface area contributed by atoms with E-state index in [-0.39, 0.29) is 31.7 Å². The molecule has 8 heteroatoms. The van der Waals surface area contributed by atoms with Gasteiger partial charge in [0.05, 0.1) is 13.1 Å². The average Bonchev–Trinajstić information content (AvgIpc) is 3.33. The Hall–Kier alpha value is -3.55. The molecule has 160 valence electrons. The number of rotatable bonds is 3. The fraction of sp³-hybridized carbons (Fsp3) is 0.348. The number of benzene rings is 2. The molecule has 2 saturated heterocycles. The number of ether oxygens (including phenoxy) is 2. The van der Waals surface area contributed by atoms with Crippen LogP contribution in [0.2, 0.25) is 0 Å². The predicted molar refractivity (Wildman–Crippen MR) is 111 cm³/mol. The van der Waals surface area contributed by atoms with Crippen molar-refractivity contribution in [3.63, 3.8) is 0 Å². The van der Waals surface area contributed by atoms with Gasteiger partial charge in [0.15, 0.2) is 11.5 Å². The van der Waals surface area contributed by atoms with Gasteiger partial charge in [-0.25, -0.2) is 4.79 Å². The number of nitrogens with one attached hydrogen (secondary N) is 1. The molecule has 1 N–H and O–H groups in total. The highest BCUT2D eigenvalue weighted by molar-refractivity contribution is 6.07. The SMILES string of the molecule is Cc1ccc(CN2C(=O)N[C@]3(CCCN(C(=O)c4ccc5c(c4)OCO5)C3)C2=O)cc1. The van der Waals surface area contributed by atoms with E-state index < -0.39 is 11.6 Å². The number of hydrogen-bond acceptors (Lipinski definition) is 5. The molecule has 0 unspecified atom stereocenters. The van der Waals surface area contributed by atoms with Crippen LogP contribution in [0.3, 0.4) is 0 Å². The number of aryl methyl sites for hydroxylation is 1. The second kappa shape index (κ2) is 7.30. The van der Waals surface area contributed by atoms with E-state index in [4.69, 9.17) is 9.47 Å². The predicted octanol–water partition coefficient (Wildman–Crippen LogP) is 2.45. The van der Waals surface area contributed by atoms with Crippen LogP contribution in [0.4, 0.5) is 4.79 Å². The van der Waals surface area contributed by atoms with Crippen LogP contribution in [-0.2, 0) is 11.3 Å². The van der Waals surface area contributed by atoms with Gasteiger partial charge in [-0.05, 0) is 43.5 Å². The van der Waals surface area contributed by atoms with Crippen molar-refractivity contribution in [3.8, 4) is 11.5 Å². The summed E-state index contributed by atoms with van der Waals surface area (Å²) in [6.45, 7) is 3.01. The smallest absolute Gasteiger partial charge is 0.325 e. The third-order valence-electron chi connectivity index (χ3n) is 6.11. The number of nitrogens with zero attached hydrogens (tertiary/aromatic N) is 2. The minimum Gasteiger partial charge on any atom is -0.454 e. The van der Waals surface area contributed by atoms with E-state index in [2.05, 4.69) is 5.32 Å². The van der Waals surface area contributed by atoms with Gasteiger partial charge in [0.25, 0.3) is 11.8 Å². The van der Waals surface area contributed by atoms with Gasteiger partial charge in [-0.2, -0.15) is 0 Å². The lowest BCUT2D eigenvalue weighted by Gasteiger charge is -2.38. The van der Waals surface area contributed by atoms with Gasteiger partial charge >= 0.3 is 6.03 Å². The summed E-state index contributed by atoms with van der Waals surface area (Å²) in [6.07, 6.45) is 1.13. The first kappa shape index (κ1) is 19.4. The maximum absolute atomic E-state index is 13.3. The van der Waals surface area contributed by atoms with Crippen molar-refractivity contribution in [1.29, 1.82) is 0 Å². The molecule has 0 aromatic heterocycles. The molecule has 0 aliphatic carbocycles. The standard InChI is InChI=1S/C23H23N3O5/c1-15-3-5-16(6-4-15)12-26-21(28)23(24-22(26)29)9-2-10-25(13-23)20(27)17-7-8-18-19(11-17)31-14-30-18/h3-8,11H,2,9-10,12-14H2,1H3,(H,24,29)/t23-/m0/s1. The number of fused-ring (bicyclic) bond motifs is 1. The molecule has 8 nitrogen and oxygen atoms in total. The molecule has 3 aliphatic heterocycles. The van der Waals surface area contributed by atoms with Crippen molar-refractivity contribution in [1.82, 2.24) is 15.1 Å². The van der Waals surface area contributed by atoms with E-state index >= 15 is 0 Å². The van der Waals surface area contributed by atoms with Crippen molar-refractivity contribution in [2.45, 2.75) is 31.8 Å². The van der Waals surface area contributed by atoms with Crippen LogP contribution in [0.25, 0.3) is 0 Å². The van der Waals surface area contributed by atoms with E-state index in [0.717, 1.165) is 11.1 Å². The van der Waals surface area contributed by atoms with Crippen LogP contribution in [0.5, 0.6) is 11.5 Å². The molecule has 4 amide bonds. The molecule has 0 radical (unpaired) electrons.